The SMILES string of the molecule is CC(C)(O)C[C@]1(c2ccccc2)CCN([C@H]2CCCNC2)C(=O)O1.Cc1nnc(Cl)cc1Cl.Cc1nnc(N2CCC[C@H](N3CC[C@](CC(C)(C)O)(c4ccccc4)OC3=O)C2)cc1Cl. The molecule has 4 aliphatic rings. The fraction of sp³-hybridized carbons (Fsp3) is 0.542. The molecule has 4 atom stereocenters. The van der Waals surface area contributed by atoms with E-state index in [4.69, 9.17) is 44.3 Å². The summed E-state index contributed by atoms with van der Waals surface area (Å²) in [6.07, 6.45) is 5.42. The van der Waals surface area contributed by atoms with E-state index in [1.807, 2.05) is 83.5 Å². The number of carbonyl (C=O) groups excluding carboxylic acids is 2. The predicted octanol–water partition coefficient (Wildman–Crippen LogP) is 9.04. The molecule has 14 nitrogen and oxygen atoms in total. The van der Waals surface area contributed by atoms with Crippen LogP contribution < -0.4 is 10.2 Å². The van der Waals surface area contributed by atoms with E-state index in [-0.39, 0.29) is 24.3 Å². The zero-order valence-corrected chi connectivity index (χ0v) is 40.5. The van der Waals surface area contributed by atoms with Crippen LogP contribution in [-0.4, -0.2) is 115 Å². The highest BCUT2D eigenvalue weighted by Crippen LogP contribution is 2.43. The van der Waals surface area contributed by atoms with Crippen molar-refractivity contribution in [2.24, 2.45) is 0 Å². The molecule has 8 rings (SSSR count). The van der Waals surface area contributed by atoms with Crippen LogP contribution in [0.15, 0.2) is 72.8 Å². The molecule has 4 aromatic rings. The van der Waals surface area contributed by atoms with Crippen molar-refractivity contribution in [3.05, 3.63) is 111 Å². The minimum absolute atomic E-state index is 0.0223. The average molecular weight is 954 g/mol. The van der Waals surface area contributed by atoms with Gasteiger partial charge in [-0.25, -0.2) is 9.59 Å². The third kappa shape index (κ3) is 13.4. The van der Waals surface area contributed by atoms with Gasteiger partial charge >= 0.3 is 12.2 Å². The molecule has 65 heavy (non-hydrogen) atoms. The van der Waals surface area contributed by atoms with Gasteiger partial charge < -0.3 is 39.7 Å². The van der Waals surface area contributed by atoms with Gasteiger partial charge in [0, 0.05) is 70.5 Å². The number of cyclic esters (lactones) is 2. The van der Waals surface area contributed by atoms with Crippen molar-refractivity contribution in [2.45, 2.75) is 127 Å². The van der Waals surface area contributed by atoms with Gasteiger partial charge in [-0.15, -0.1) is 10.2 Å². The van der Waals surface area contributed by atoms with E-state index in [0.29, 0.717) is 71.9 Å². The molecule has 0 saturated carbocycles. The molecule has 4 saturated heterocycles. The number of rotatable bonds is 9. The number of halogens is 3. The van der Waals surface area contributed by atoms with E-state index in [2.05, 4.69) is 30.6 Å². The molecule has 4 aliphatic heterocycles. The summed E-state index contributed by atoms with van der Waals surface area (Å²) in [5.74, 6) is 0.733. The number of nitrogens with one attached hydrogen (secondary N) is 1. The van der Waals surface area contributed by atoms with Gasteiger partial charge in [0.2, 0.25) is 0 Å². The fourth-order valence-electron chi connectivity index (χ4n) is 9.24. The Labute approximate surface area is 398 Å². The monoisotopic (exact) mass is 952 g/mol. The first-order valence-electron chi connectivity index (χ1n) is 22.4. The number of ether oxygens (including phenoxy) is 2. The van der Waals surface area contributed by atoms with E-state index in [0.717, 1.165) is 62.3 Å². The second kappa shape index (κ2) is 21.5. The molecule has 2 aromatic heterocycles. The molecule has 4 fully saturated rings. The number of aromatic nitrogens is 4. The van der Waals surface area contributed by atoms with Crippen LogP contribution in [0.25, 0.3) is 0 Å². The summed E-state index contributed by atoms with van der Waals surface area (Å²) in [6, 6.07) is 23.2. The van der Waals surface area contributed by atoms with Crippen molar-refractivity contribution in [3.8, 4) is 0 Å². The molecule has 2 amide bonds. The third-order valence-corrected chi connectivity index (χ3v) is 13.2. The lowest BCUT2D eigenvalue weighted by Crippen LogP contribution is -2.57. The summed E-state index contributed by atoms with van der Waals surface area (Å²) >= 11 is 17.3. The Kier molecular flexibility index (Phi) is 16.6. The normalized spacial score (nSPS) is 23.9. The Morgan fingerprint density at radius 1 is 0.692 bits per heavy atom. The van der Waals surface area contributed by atoms with Gasteiger partial charge in [-0.1, -0.05) is 95.5 Å². The van der Waals surface area contributed by atoms with Crippen molar-refractivity contribution in [1.29, 1.82) is 0 Å². The Balaban J connectivity index is 0.000000186. The summed E-state index contributed by atoms with van der Waals surface area (Å²) in [5.41, 5.74) is -0.193. The maximum atomic E-state index is 13.3. The van der Waals surface area contributed by atoms with Crippen LogP contribution in [0, 0.1) is 13.8 Å². The molecule has 6 heterocycles. The molecule has 0 bridgehead atoms. The van der Waals surface area contributed by atoms with Crippen molar-refractivity contribution in [1.82, 2.24) is 35.5 Å². The van der Waals surface area contributed by atoms with Gasteiger partial charge in [-0.3, -0.25) is 0 Å². The lowest BCUT2D eigenvalue weighted by Gasteiger charge is -2.47. The number of anilines is 1. The van der Waals surface area contributed by atoms with Gasteiger partial charge in [-0.2, -0.15) is 10.2 Å². The Morgan fingerprint density at radius 2 is 1.18 bits per heavy atom. The van der Waals surface area contributed by atoms with Crippen LogP contribution in [0.4, 0.5) is 15.4 Å². The van der Waals surface area contributed by atoms with E-state index in [1.54, 1.807) is 40.7 Å². The standard InChI is InChI=1S/C24H31ClN4O3.C19H28N2O3.C5H4Cl2N2/c1-17-20(25)14-21(27-26-17)28-12-7-10-19(15-28)29-13-11-24(32-22(29)30,16-23(2,3)31)18-8-5-4-6-9-18;1-18(2,23)14-19(15-7-4-3-5-8-15)10-12-21(17(22)24-19)16-9-6-11-20-13-16;1-3-4(6)2-5(7)9-8-3/h4-6,8-9,14,19,31H,7,10-13,15-16H2,1-3H3;3-5,7-8,16,20,23H,6,9-14H2,1-2H3;2H,1H3/t19-,24-;16-,19-;/m00./s1. The highest BCUT2D eigenvalue weighted by molar-refractivity contribution is 6.34. The number of aryl methyl sites for hydroxylation is 2. The molecule has 0 radical (unpaired) electrons. The summed E-state index contributed by atoms with van der Waals surface area (Å²) in [6.45, 7) is 15.2. The van der Waals surface area contributed by atoms with Crippen LogP contribution in [0.5, 0.6) is 0 Å². The summed E-state index contributed by atoms with van der Waals surface area (Å²) in [7, 11) is 0. The zero-order chi connectivity index (χ0) is 47.0. The largest absolute Gasteiger partial charge is 0.438 e. The third-order valence-electron chi connectivity index (χ3n) is 12.2. The van der Waals surface area contributed by atoms with Gasteiger partial charge in [-0.05, 0) is 91.0 Å². The van der Waals surface area contributed by atoms with Gasteiger partial charge in [0.25, 0.3) is 0 Å². The van der Waals surface area contributed by atoms with E-state index in [1.165, 1.54) is 0 Å². The highest BCUT2D eigenvalue weighted by Gasteiger charge is 2.48. The van der Waals surface area contributed by atoms with E-state index >= 15 is 0 Å². The first-order valence-corrected chi connectivity index (χ1v) is 23.6. The molecule has 17 heteroatoms. The Hall–Kier alpha value is -4.31. The molecule has 352 valence electrons. The number of carbonyl (C=O) groups is 2. The summed E-state index contributed by atoms with van der Waals surface area (Å²) in [5, 5.41) is 41.4. The fourth-order valence-corrected chi connectivity index (χ4v) is 9.72. The topological polar surface area (TPSA) is 166 Å². The Morgan fingerprint density at radius 3 is 1.63 bits per heavy atom. The van der Waals surface area contributed by atoms with E-state index in [9.17, 15) is 19.8 Å². The number of aliphatic hydroxyl groups is 2. The molecule has 0 aliphatic carbocycles. The molecule has 3 N–H and O–H groups in total. The second-order valence-electron chi connectivity index (χ2n) is 18.8. The van der Waals surface area contributed by atoms with Crippen LogP contribution in [0.1, 0.15) is 102 Å². The first-order chi connectivity index (χ1) is 30.8. The van der Waals surface area contributed by atoms with Crippen LogP contribution in [0.3, 0.4) is 0 Å². The highest BCUT2D eigenvalue weighted by atomic mass is 35.5. The summed E-state index contributed by atoms with van der Waals surface area (Å²) < 4.78 is 12.1. The number of hydrogen-bond acceptors (Lipinski definition) is 12. The Bertz CT molecular complexity index is 2210. The predicted molar refractivity (Wildman–Crippen MR) is 253 cm³/mol. The van der Waals surface area contributed by atoms with E-state index < -0.39 is 22.4 Å². The van der Waals surface area contributed by atoms with Crippen LogP contribution in [0.2, 0.25) is 15.2 Å². The quantitative estimate of drug-likeness (QED) is 0.146. The van der Waals surface area contributed by atoms with Gasteiger partial charge in [0.1, 0.15) is 11.2 Å². The zero-order valence-electron chi connectivity index (χ0n) is 38.3. The molecular formula is C48H63Cl3N8O6. The van der Waals surface area contributed by atoms with Crippen LogP contribution >= 0.6 is 34.8 Å². The average Bonchev–Trinajstić information content (AvgIpc) is 3.26. The number of hydrogen-bond donors (Lipinski definition) is 3. The molecule has 0 spiro atoms. The van der Waals surface area contributed by atoms with Crippen molar-refractivity contribution in [2.75, 3.05) is 44.2 Å². The maximum absolute atomic E-state index is 13.3. The van der Waals surface area contributed by atoms with Crippen molar-refractivity contribution < 1.29 is 29.3 Å². The van der Waals surface area contributed by atoms with Gasteiger partial charge in [0.15, 0.2) is 11.0 Å². The molecular weight excluding hydrogens is 891 g/mol. The number of benzene rings is 2. The number of nitrogens with zero attached hydrogens (tertiary/aromatic N) is 7. The van der Waals surface area contributed by atoms with Gasteiger partial charge in [0.05, 0.1) is 38.7 Å². The second-order valence-corrected chi connectivity index (χ2v) is 20.0. The number of amides is 2. The lowest BCUT2D eigenvalue weighted by molar-refractivity contribution is -0.103. The maximum Gasteiger partial charge on any atom is 0.410 e. The molecule has 0 unspecified atom stereocenters. The molecule has 2 aromatic carbocycles. The van der Waals surface area contributed by atoms with Crippen LogP contribution in [-0.2, 0) is 20.7 Å². The minimum Gasteiger partial charge on any atom is -0.438 e. The summed E-state index contributed by atoms with van der Waals surface area (Å²) in [4.78, 5) is 31.9. The smallest absolute Gasteiger partial charge is 0.410 e. The van der Waals surface area contributed by atoms with Crippen molar-refractivity contribution >= 4 is 52.8 Å². The first kappa shape index (κ1) is 50.1. The lowest BCUT2D eigenvalue weighted by atomic mass is 9.80. The number of piperidine rings is 2. The minimum atomic E-state index is -0.969. The van der Waals surface area contributed by atoms with Crippen molar-refractivity contribution in [3.63, 3.8) is 0 Å².